The average Bonchev–Trinajstić information content (AvgIpc) is 2.26. The topological polar surface area (TPSA) is 68.4 Å². The molecule has 0 unspecified atom stereocenters. The van der Waals surface area contributed by atoms with Gasteiger partial charge in [0, 0.05) is 6.07 Å². The lowest BCUT2D eigenvalue weighted by atomic mass is 10.1. The fourth-order valence-corrected chi connectivity index (χ4v) is 1.33. The van der Waals surface area contributed by atoms with Crippen molar-refractivity contribution < 1.29 is 31.8 Å². The van der Waals surface area contributed by atoms with Crippen LogP contribution in [0.3, 0.4) is 0 Å². The van der Waals surface area contributed by atoms with Gasteiger partial charge in [0.15, 0.2) is 0 Å². The highest BCUT2D eigenvalue weighted by Crippen LogP contribution is 2.22. The molecule has 1 aromatic rings. The van der Waals surface area contributed by atoms with Gasteiger partial charge in [-0.05, 0) is 5.56 Å². The Kier molecular flexibility index (Phi) is 4.52. The summed E-state index contributed by atoms with van der Waals surface area (Å²) in [5, 5.41) is 0. The molecule has 9 heteroatoms. The van der Waals surface area contributed by atoms with Gasteiger partial charge in [0.2, 0.25) is 5.88 Å². The molecule has 1 N–H and O–H groups in total. The van der Waals surface area contributed by atoms with E-state index in [2.05, 4.69) is 9.47 Å². The third-order valence-electron chi connectivity index (χ3n) is 2.13. The van der Waals surface area contributed by atoms with Crippen molar-refractivity contribution in [3.63, 3.8) is 0 Å². The number of rotatable bonds is 4. The van der Waals surface area contributed by atoms with Crippen molar-refractivity contribution in [2.45, 2.75) is 19.5 Å². The van der Waals surface area contributed by atoms with E-state index in [0.717, 1.165) is 13.2 Å². The Hall–Kier alpha value is -2.06. The van der Waals surface area contributed by atoms with Gasteiger partial charge in [-0.25, -0.2) is 4.39 Å². The second-order valence-electron chi connectivity index (χ2n) is 3.40. The molecule has 1 rings (SSSR count). The molecular formula is C10H9F4NO4. The van der Waals surface area contributed by atoms with Crippen LogP contribution < -0.4 is 10.3 Å². The number of carbonyl (C=O) groups excluding carboxylic acids is 1. The summed E-state index contributed by atoms with van der Waals surface area (Å²) in [6.45, 7) is -1.23. The van der Waals surface area contributed by atoms with E-state index in [-0.39, 0.29) is 5.56 Å². The number of hydrogen-bond donors (Lipinski definition) is 1. The Morgan fingerprint density at radius 1 is 1.42 bits per heavy atom. The van der Waals surface area contributed by atoms with Crippen LogP contribution in [0.15, 0.2) is 10.9 Å². The number of methoxy groups -OCH3 is 1. The number of hydrogen-bond acceptors (Lipinski definition) is 4. The standard InChI is InChI=1S/C10H9F4NO4/c1-18-8(16)3-5-2-7(19-10(12,13)14)15-9(17)6(5)4-11/h2H,3-4H2,1H3,(H,15,17). The number of esters is 1. The minimum atomic E-state index is -5.01. The molecule has 0 spiro atoms. The maximum Gasteiger partial charge on any atom is 0.574 e. The van der Waals surface area contributed by atoms with E-state index in [0.29, 0.717) is 0 Å². The highest BCUT2D eigenvalue weighted by molar-refractivity contribution is 5.72. The molecule has 0 aromatic carbocycles. The Morgan fingerprint density at radius 2 is 2.05 bits per heavy atom. The van der Waals surface area contributed by atoms with E-state index in [9.17, 15) is 27.2 Å². The molecule has 0 aliphatic rings. The second-order valence-corrected chi connectivity index (χ2v) is 3.40. The molecule has 0 saturated heterocycles. The predicted molar refractivity (Wildman–Crippen MR) is 54.3 cm³/mol. The van der Waals surface area contributed by atoms with E-state index < -0.39 is 42.4 Å². The molecule has 1 aromatic heterocycles. The molecule has 0 saturated carbocycles. The largest absolute Gasteiger partial charge is 0.574 e. The number of alkyl halides is 4. The zero-order valence-electron chi connectivity index (χ0n) is 9.64. The Bertz CT molecular complexity index is 523. The number of aromatic nitrogens is 1. The van der Waals surface area contributed by atoms with Crippen molar-refractivity contribution in [3.8, 4) is 5.88 Å². The number of carbonyl (C=O) groups is 1. The summed E-state index contributed by atoms with van der Waals surface area (Å²) in [6, 6.07) is 0.737. The normalized spacial score (nSPS) is 11.2. The van der Waals surface area contributed by atoms with Gasteiger partial charge in [0.25, 0.3) is 5.56 Å². The predicted octanol–water partition coefficient (Wildman–Crippen LogP) is 1.46. The van der Waals surface area contributed by atoms with Crippen LogP contribution in [0.1, 0.15) is 11.1 Å². The molecule has 0 atom stereocenters. The summed E-state index contributed by atoms with van der Waals surface area (Å²) in [7, 11) is 1.05. The van der Waals surface area contributed by atoms with Crippen molar-refractivity contribution in [2.24, 2.45) is 0 Å². The first-order chi connectivity index (χ1) is 8.76. The van der Waals surface area contributed by atoms with Crippen LogP contribution in [-0.2, 0) is 22.6 Å². The number of pyridine rings is 1. The van der Waals surface area contributed by atoms with E-state index >= 15 is 0 Å². The van der Waals surface area contributed by atoms with Gasteiger partial charge >= 0.3 is 12.3 Å². The molecule has 19 heavy (non-hydrogen) atoms. The molecule has 0 aliphatic heterocycles. The third kappa shape index (κ3) is 4.27. The molecule has 5 nitrogen and oxygen atoms in total. The second kappa shape index (κ2) is 5.72. The van der Waals surface area contributed by atoms with Crippen LogP contribution in [0.5, 0.6) is 5.88 Å². The molecular weight excluding hydrogens is 274 g/mol. The molecule has 0 radical (unpaired) electrons. The summed E-state index contributed by atoms with van der Waals surface area (Å²) < 4.78 is 56.5. The zero-order chi connectivity index (χ0) is 14.6. The van der Waals surface area contributed by atoms with Crippen molar-refractivity contribution >= 4 is 5.97 Å². The van der Waals surface area contributed by atoms with Gasteiger partial charge in [-0.2, -0.15) is 0 Å². The minimum absolute atomic E-state index is 0.225. The Morgan fingerprint density at radius 3 is 2.53 bits per heavy atom. The van der Waals surface area contributed by atoms with Crippen LogP contribution in [0.25, 0.3) is 0 Å². The van der Waals surface area contributed by atoms with Crippen molar-refractivity contribution in [2.75, 3.05) is 7.11 Å². The summed E-state index contributed by atoms with van der Waals surface area (Å²) in [5.41, 5.74) is -1.76. The fourth-order valence-electron chi connectivity index (χ4n) is 1.33. The number of halogens is 4. The van der Waals surface area contributed by atoms with Crippen LogP contribution in [0.2, 0.25) is 0 Å². The first-order valence-corrected chi connectivity index (χ1v) is 4.90. The van der Waals surface area contributed by atoms with Crippen LogP contribution >= 0.6 is 0 Å². The van der Waals surface area contributed by atoms with E-state index in [1.807, 2.05) is 0 Å². The van der Waals surface area contributed by atoms with Gasteiger partial charge in [-0.3, -0.25) is 14.6 Å². The number of ether oxygens (including phenoxy) is 2. The first kappa shape index (κ1) is 15.0. The zero-order valence-corrected chi connectivity index (χ0v) is 9.64. The highest BCUT2D eigenvalue weighted by Gasteiger charge is 2.32. The molecule has 0 bridgehead atoms. The van der Waals surface area contributed by atoms with Crippen LogP contribution in [0.4, 0.5) is 17.6 Å². The van der Waals surface area contributed by atoms with Gasteiger partial charge in [-0.1, -0.05) is 0 Å². The van der Waals surface area contributed by atoms with Crippen molar-refractivity contribution in [1.29, 1.82) is 0 Å². The van der Waals surface area contributed by atoms with Gasteiger partial charge < -0.3 is 9.47 Å². The molecule has 0 amide bonds. The van der Waals surface area contributed by atoms with E-state index in [1.165, 1.54) is 0 Å². The van der Waals surface area contributed by atoms with Crippen LogP contribution in [-0.4, -0.2) is 24.4 Å². The van der Waals surface area contributed by atoms with Crippen LogP contribution in [0, 0.1) is 0 Å². The Labute approximate surface area is 104 Å². The summed E-state index contributed by atoms with van der Waals surface area (Å²) in [6.07, 6.45) is -5.55. The van der Waals surface area contributed by atoms with Crippen molar-refractivity contribution in [3.05, 3.63) is 27.5 Å². The van der Waals surface area contributed by atoms with Gasteiger partial charge in [0.05, 0.1) is 19.1 Å². The Balaban J connectivity index is 3.18. The van der Waals surface area contributed by atoms with E-state index in [1.54, 1.807) is 4.98 Å². The minimum Gasteiger partial charge on any atom is -0.469 e. The lowest BCUT2D eigenvalue weighted by Crippen LogP contribution is -2.23. The molecule has 1 heterocycles. The summed E-state index contributed by atoms with van der Waals surface area (Å²) in [5.74, 6) is -1.74. The molecule has 106 valence electrons. The lowest BCUT2D eigenvalue weighted by molar-refractivity contribution is -0.276. The average molecular weight is 283 g/mol. The molecule has 0 fully saturated rings. The SMILES string of the molecule is COC(=O)Cc1cc(OC(F)(F)F)[nH]c(=O)c1CF. The monoisotopic (exact) mass is 283 g/mol. The quantitative estimate of drug-likeness (QED) is 0.671. The maximum absolute atomic E-state index is 12.6. The number of H-pyrrole nitrogens is 1. The van der Waals surface area contributed by atoms with E-state index in [4.69, 9.17) is 0 Å². The van der Waals surface area contributed by atoms with Gasteiger partial charge in [0.1, 0.15) is 6.67 Å². The summed E-state index contributed by atoms with van der Waals surface area (Å²) in [4.78, 5) is 24.1. The van der Waals surface area contributed by atoms with Crippen molar-refractivity contribution in [1.82, 2.24) is 4.98 Å². The maximum atomic E-state index is 12.6. The summed E-state index contributed by atoms with van der Waals surface area (Å²) >= 11 is 0. The molecule has 0 aliphatic carbocycles. The number of aromatic amines is 1. The lowest BCUT2D eigenvalue weighted by Gasteiger charge is -2.11. The fraction of sp³-hybridized carbons (Fsp3) is 0.400. The first-order valence-electron chi connectivity index (χ1n) is 4.90. The van der Waals surface area contributed by atoms with Gasteiger partial charge in [-0.15, -0.1) is 13.2 Å². The number of nitrogens with one attached hydrogen (secondary N) is 1. The third-order valence-corrected chi connectivity index (χ3v) is 2.13. The smallest absolute Gasteiger partial charge is 0.469 e. The highest BCUT2D eigenvalue weighted by atomic mass is 19.4.